The Hall–Kier alpha value is -2.43. The normalized spacial score (nSPS) is 9.94. The fourth-order valence-electron chi connectivity index (χ4n) is 1.48. The van der Waals surface area contributed by atoms with Crippen molar-refractivity contribution in [1.29, 1.82) is 0 Å². The molecule has 0 radical (unpaired) electrons. The number of hydrogen-bond donors (Lipinski definition) is 1. The number of nitro benzene ring substituents is 1. The van der Waals surface area contributed by atoms with Crippen molar-refractivity contribution < 1.29 is 4.92 Å². The Bertz CT molecular complexity index is 541. The average molecular weight is 229 g/mol. The monoisotopic (exact) mass is 229 g/mol. The van der Waals surface area contributed by atoms with Gasteiger partial charge in [0.25, 0.3) is 5.69 Å². The lowest BCUT2D eigenvalue weighted by Crippen LogP contribution is -1.96. The quantitative estimate of drug-likeness (QED) is 0.648. The number of hydrogen-bond acceptors (Lipinski definition) is 4. The predicted molar refractivity (Wildman–Crippen MR) is 65.4 cm³/mol. The van der Waals surface area contributed by atoms with E-state index in [0.717, 1.165) is 11.3 Å². The minimum absolute atomic E-state index is 0.0917. The van der Waals surface area contributed by atoms with Gasteiger partial charge in [0.2, 0.25) is 0 Å². The highest BCUT2D eigenvalue weighted by molar-refractivity contribution is 5.62. The highest BCUT2D eigenvalue weighted by Gasteiger charge is 2.07. The first kappa shape index (κ1) is 11.1. The second-order valence-electron chi connectivity index (χ2n) is 3.60. The highest BCUT2D eigenvalue weighted by atomic mass is 16.6. The molecule has 0 unspecified atom stereocenters. The molecule has 2 rings (SSSR count). The van der Waals surface area contributed by atoms with E-state index in [1.54, 1.807) is 12.3 Å². The molecule has 86 valence electrons. The van der Waals surface area contributed by atoms with Crippen LogP contribution in [0.5, 0.6) is 0 Å². The van der Waals surface area contributed by atoms with Gasteiger partial charge in [-0.3, -0.25) is 10.1 Å². The molecule has 0 aliphatic rings. The summed E-state index contributed by atoms with van der Waals surface area (Å²) < 4.78 is 0. The summed E-state index contributed by atoms with van der Waals surface area (Å²) in [5, 5.41) is 13.7. The largest absolute Gasteiger partial charge is 0.340 e. The summed E-state index contributed by atoms with van der Waals surface area (Å²) in [6, 6.07) is 10.2. The lowest BCUT2D eigenvalue weighted by molar-refractivity contribution is -0.384. The van der Waals surface area contributed by atoms with Gasteiger partial charge in [0.1, 0.15) is 5.82 Å². The van der Waals surface area contributed by atoms with E-state index < -0.39 is 4.92 Å². The summed E-state index contributed by atoms with van der Waals surface area (Å²) >= 11 is 0. The minimum atomic E-state index is -0.405. The van der Waals surface area contributed by atoms with E-state index in [1.807, 2.05) is 25.1 Å². The Kier molecular flexibility index (Phi) is 3.00. The first-order valence-corrected chi connectivity index (χ1v) is 5.10. The highest BCUT2D eigenvalue weighted by Crippen LogP contribution is 2.23. The Morgan fingerprint density at radius 2 is 2.12 bits per heavy atom. The Morgan fingerprint density at radius 3 is 2.71 bits per heavy atom. The van der Waals surface area contributed by atoms with Crippen LogP contribution >= 0.6 is 0 Å². The van der Waals surface area contributed by atoms with Crippen LogP contribution in [0.3, 0.4) is 0 Å². The zero-order valence-corrected chi connectivity index (χ0v) is 9.25. The third-order valence-corrected chi connectivity index (χ3v) is 2.35. The molecule has 0 saturated heterocycles. The summed E-state index contributed by atoms with van der Waals surface area (Å²) in [5.74, 6) is 0.712. The van der Waals surface area contributed by atoms with Gasteiger partial charge in [-0.2, -0.15) is 0 Å². The SMILES string of the molecule is Cc1cc([N+](=O)[O-])ccc1Nc1ccccn1. The van der Waals surface area contributed by atoms with Gasteiger partial charge in [-0.15, -0.1) is 0 Å². The number of pyridine rings is 1. The molecule has 17 heavy (non-hydrogen) atoms. The van der Waals surface area contributed by atoms with Gasteiger partial charge in [-0.1, -0.05) is 6.07 Å². The van der Waals surface area contributed by atoms with Gasteiger partial charge in [-0.05, 0) is 30.7 Å². The maximum absolute atomic E-state index is 10.6. The molecule has 0 aliphatic carbocycles. The van der Waals surface area contributed by atoms with Crippen LogP contribution in [0.1, 0.15) is 5.56 Å². The zero-order valence-electron chi connectivity index (χ0n) is 9.25. The number of nitrogens with one attached hydrogen (secondary N) is 1. The average Bonchev–Trinajstić information content (AvgIpc) is 2.33. The Morgan fingerprint density at radius 1 is 1.29 bits per heavy atom. The van der Waals surface area contributed by atoms with E-state index >= 15 is 0 Å². The molecule has 5 heteroatoms. The third-order valence-electron chi connectivity index (χ3n) is 2.35. The maximum Gasteiger partial charge on any atom is 0.269 e. The lowest BCUT2D eigenvalue weighted by Gasteiger charge is -2.07. The van der Waals surface area contributed by atoms with E-state index in [0.29, 0.717) is 5.82 Å². The topological polar surface area (TPSA) is 68.1 Å². The van der Waals surface area contributed by atoms with Crippen LogP contribution in [0.15, 0.2) is 42.6 Å². The van der Waals surface area contributed by atoms with Gasteiger partial charge in [0.15, 0.2) is 0 Å². The molecule has 0 bridgehead atoms. The first-order chi connectivity index (χ1) is 8.16. The van der Waals surface area contributed by atoms with Gasteiger partial charge in [-0.25, -0.2) is 4.98 Å². The van der Waals surface area contributed by atoms with Gasteiger partial charge in [0.05, 0.1) is 4.92 Å². The van der Waals surface area contributed by atoms with E-state index in [4.69, 9.17) is 0 Å². The molecule has 0 spiro atoms. The molecule has 2 aromatic rings. The molecule has 0 atom stereocenters. The van der Waals surface area contributed by atoms with Crippen LogP contribution in [0.4, 0.5) is 17.2 Å². The molecular formula is C12H11N3O2. The fourth-order valence-corrected chi connectivity index (χ4v) is 1.48. The van der Waals surface area contributed by atoms with Crippen molar-refractivity contribution >= 4 is 17.2 Å². The molecule has 1 N–H and O–H groups in total. The van der Waals surface area contributed by atoms with Crippen LogP contribution in [0.2, 0.25) is 0 Å². The Balaban J connectivity index is 2.26. The van der Waals surface area contributed by atoms with Crippen molar-refractivity contribution in [3.05, 3.63) is 58.3 Å². The van der Waals surface area contributed by atoms with E-state index in [-0.39, 0.29) is 5.69 Å². The number of anilines is 2. The molecular weight excluding hydrogens is 218 g/mol. The molecule has 0 amide bonds. The molecule has 0 saturated carbocycles. The van der Waals surface area contributed by atoms with Crippen LogP contribution in [0.25, 0.3) is 0 Å². The second kappa shape index (κ2) is 4.61. The van der Waals surface area contributed by atoms with Crippen molar-refractivity contribution in [3.63, 3.8) is 0 Å². The van der Waals surface area contributed by atoms with Crippen molar-refractivity contribution in [1.82, 2.24) is 4.98 Å². The molecule has 1 heterocycles. The number of benzene rings is 1. The number of aryl methyl sites for hydroxylation is 1. The molecule has 1 aromatic carbocycles. The zero-order chi connectivity index (χ0) is 12.3. The summed E-state index contributed by atoms with van der Waals surface area (Å²) in [4.78, 5) is 14.3. The van der Waals surface area contributed by atoms with Gasteiger partial charge in [0, 0.05) is 24.0 Å². The fraction of sp³-hybridized carbons (Fsp3) is 0.0833. The summed E-state index contributed by atoms with van der Waals surface area (Å²) in [5.41, 5.74) is 1.72. The van der Waals surface area contributed by atoms with Crippen LogP contribution in [-0.4, -0.2) is 9.91 Å². The lowest BCUT2D eigenvalue weighted by atomic mass is 10.2. The van der Waals surface area contributed by atoms with E-state index in [9.17, 15) is 10.1 Å². The minimum Gasteiger partial charge on any atom is -0.340 e. The van der Waals surface area contributed by atoms with Crippen molar-refractivity contribution in [2.75, 3.05) is 5.32 Å². The van der Waals surface area contributed by atoms with Crippen molar-refractivity contribution in [3.8, 4) is 0 Å². The van der Waals surface area contributed by atoms with E-state index in [1.165, 1.54) is 12.1 Å². The first-order valence-electron chi connectivity index (χ1n) is 5.10. The molecule has 0 fully saturated rings. The number of nitrogens with zero attached hydrogens (tertiary/aromatic N) is 2. The number of nitro groups is 1. The van der Waals surface area contributed by atoms with E-state index in [2.05, 4.69) is 10.3 Å². The summed E-state index contributed by atoms with van der Waals surface area (Å²) in [6.07, 6.45) is 1.68. The second-order valence-corrected chi connectivity index (χ2v) is 3.60. The number of non-ortho nitro benzene ring substituents is 1. The molecule has 0 aliphatic heterocycles. The van der Waals surface area contributed by atoms with Gasteiger partial charge >= 0.3 is 0 Å². The van der Waals surface area contributed by atoms with Crippen molar-refractivity contribution in [2.24, 2.45) is 0 Å². The molecule has 5 nitrogen and oxygen atoms in total. The number of aromatic nitrogens is 1. The predicted octanol–water partition coefficient (Wildman–Crippen LogP) is 3.04. The molecule has 1 aromatic heterocycles. The van der Waals surface area contributed by atoms with Crippen LogP contribution in [0, 0.1) is 17.0 Å². The number of rotatable bonds is 3. The van der Waals surface area contributed by atoms with Crippen molar-refractivity contribution in [2.45, 2.75) is 6.92 Å². The van der Waals surface area contributed by atoms with Gasteiger partial charge < -0.3 is 5.32 Å². The smallest absolute Gasteiger partial charge is 0.269 e. The third kappa shape index (κ3) is 2.57. The summed E-state index contributed by atoms with van der Waals surface area (Å²) in [6.45, 7) is 1.82. The summed E-state index contributed by atoms with van der Waals surface area (Å²) in [7, 11) is 0. The standard InChI is InChI=1S/C12H11N3O2/c1-9-8-10(15(16)17)5-6-11(9)14-12-4-2-3-7-13-12/h2-8H,1H3,(H,13,14). The maximum atomic E-state index is 10.6. The van der Waals surface area contributed by atoms with Crippen LogP contribution in [-0.2, 0) is 0 Å². The van der Waals surface area contributed by atoms with Crippen LogP contribution < -0.4 is 5.32 Å². The Labute approximate surface area is 98.3 Å².